The van der Waals surface area contributed by atoms with Crippen LogP contribution in [0.1, 0.15) is 47.7 Å². The zero-order chi connectivity index (χ0) is 24.5. The normalized spacial score (nSPS) is 21.2. The smallest absolute Gasteiger partial charge is 0.318 e. The van der Waals surface area contributed by atoms with Gasteiger partial charge in [-0.05, 0) is 30.7 Å². The number of aromatic nitrogens is 3. The first kappa shape index (κ1) is 23.1. The Kier molecular flexibility index (Phi) is 6.32. The Morgan fingerprint density at radius 1 is 1.29 bits per heavy atom. The Labute approximate surface area is 208 Å². The molecule has 1 saturated heterocycles. The van der Waals surface area contributed by atoms with Crippen LogP contribution in [-0.2, 0) is 6.54 Å². The second kappa shape index (κ2) is 9.56. The molecule has 35 heavy (non-hydrogen) atoms. The molecule has 180 valence electrons. The Balaban J connectivity index is 1.38. The number of urea groups is 1. The van der Waals surface area contributed by atoms with Gasteiger partial charge in [-0.3, -0.25) is 0 Å². The van der Waals surface area contributed by atoms with Crippen LogP contribution in [0.15, 0.2) is 42.5 Å². The number of nitrogens with zero attached hydrogens (tertiary/aromatic N) is 5. The number of aliphatic hydroxyl groups is 1. The number of ether oxygens (including phenoxy) is 1. The standard InChI is InChI=1S/C25H25ClN6O3/c1-15-29-30-24(31(15)13-16-3-5-17(26)6-4-16)22-12-19(33)14-32(22)25(34)28-21-9-10-35-23-11-18(27-2)7-8-20(21)23/h3-8,11,19,21-22,33H,9-10,12-14H2,1H3,(H,28,34)/t19-,21-,22+/m0/s1. The number of amides is 2. The van der Waals surface area contributed by atoms with Crippen molar-refractivity contribution in [3.05, 3.63) is 81.7 Å². The monoisotopic (exact) mass is 492 g/mol. The summed E-state index contributed by atoms with van der Waals surface area (Å²) in [6.07, 6.45) is 0.337. The molecule has 0 radical (unpaired) electrons. The van der Waals surface area contributed by atoms with E-state index < -0.39 is 12.1 Å². The number of halogens is 1. The summed E-state index contributed by atoms with van der Waals surface area (Å²) in [5.74, 6) is 1.98. The first-order chi connectivity index (χ1) is 16.9. The van der Waals surface area contributed by atoms with Crippen molar-refractivity contribution in [3.8, 4) is 5.75 Å². The van der Waals surface area contributed by atoms with Gasteiger partial charge in [0.25, 0.3) is 0 Å². The van der Waals surface area contributed by atoms with Gasteiger partial charge < -0.3 is 24.6 Å². The largest absolute Gasteiger partial charge is 0.494 e. The fourth-order valence-corrected chi connectivity index (χ4v) is 4.85. The molecule has 1 aromatic heterocycles. The van der Waals surface area contributed by atoms with E-state index in [1.165, 1.54) is 0 Å². The summed E-state index contributed by atoms with van der Waals surface area (Å²) < 4.78 is 7.69. The van der Waals surface area contributed by atoms with Crippen LogP contribution in [0.2, 0.25) is 5.02 Å². The zero-order valence-corrected chi connectivity index (χ0v) is 19.9. The molecule has 0 saturated carbocycles. The van der Waals surface area contributed by atoms with E-state index in [1.807, 2.05) is 41.8 Å². The lowest BCUT2D eigenvalue weighted by Gasteiger charge is -2.31. The van der Waals surface area contributed by atoms with Crippen molar-refractivity contribution in [1.29, 1.82) is 0 Å². The zero-order valence-electron chi connectivity index (χ0n) is 19.2. The van der Waals surface area contributed by atoms with Crippen molar-refractivity contribution in [3.63, 3.8) is 0 Å². The van der Waals surface area contributed by atoms with Gasteiger partial charge in [0.1, 0.15) is 11.6 Å². The first-order valence-electron chi connectivity index (χ1n) is 11.5. The van der Waals surface area contributed by atoms with Crippen molar-refractivity contribution in [1.82, 2.24) is 25.0 Å². The van der Waals surface area contributed by atoms with E-state index in [-0.39, 0.29) is 18.6 Å². The van der Waals surface area contributed by atoms with Crippen molar-refractivity contribution >= 4 is 23.3 Å². The van der Waals surface area contributed by atoms with Gasteiger partial charge in [0.05, 0.1) is 37.9 Å². The fourth-order valence-electron chi connectivity index (χ4n) is 4.72. The third kappa shape index (κ3) is 4.67. The minimum absolute atomic E-state index is 0.204. The van der Waals surface area contributed by atoms with Crippen molar-refractivity contribution in [2.75, 3.05) is 13.2 Å². The van der Waals surface area contributed by atoms with Gasteiger partial charge in [-0.1, -0.05) is 35.9 Å². The topological polar surface area (TPSA) is 96.9 Å². The molecule has 5 rings (SSSR count). The highest BCUT2D eigenvalue weighted by Gasteiger charge is 2.39. The molecule has 3 heterocycles. The average molecular weight is 493 g/mol. The molecule has 0 unspecified atom stereocenters. The van der Waals surface area contributed by atoms with Gasteiger partial charge in [0, 0.05) is 30.0 Å². The average Bonchev–Trinajstić information content (AvgIpc) is 3.42. The van der Waals surface area contributed by atoms with Gasteiger partial charge >= 0.3 is 6.03 Å². The number of fused-ring (bicyclic) bond motifs is 1. The summed E-state index contributed by atoms with van der Waals surface area (Å²) in [4.78, 5) is 18.5. The third-order valence-corrected chi connectivity index (χ3v) is 6.77. The lowest BCUT2D eigenvalue weighted by Crippen LogP contribution is -2.43. The van der Waals surface area contributed by atoms with E-state index in [0.717, 1.165) is 17.0 Å². The number of carbonyl (C=O) groups is 1. The maximum atomic E-state index is 13.4. The molecule has 2 aliphatic heterocycles. The van der Waals surface area contributed by atoms with Crippen LogP contribution in [-0.4, -0.2) is 50.1 Å². The molecule has 1 fully saturated rings. The highest BCUT2D eigenvalue weighted by atomic mass is 35.5. The van der Waals surface area contributed by atoms with E-state index in [1.54, 1.807) is 17.0 Å². The molecule has 2 aromatic carbocycles. The van der Waals surface area contributed by atoms with Gasteiger partial charge in [0.15, 0.2) is 11.5 Å². The lowest BCUT2D eigenvalue weighted by molar-refractivity contribution is 0.163. The predicted molar refractivity (Wildman–Crippen MR) is 129 cm³/mol. The summed E-state index contributed by atoms with van der Waals surface area (Å²) in [7, 11) is 0. The summed E-state index contributed by atoms with van der Waals surface area (Å²) in [6, 6.07) is 11.9. The highest BCUT2D eigenvalue weighted by Crippen LogP contribution is 2.37. The SMILES string of the molecule is [C-]#[N+]c1ccc2c(c1)OCC[C@@H]2NC(=O)N1C[C@@H](O)C[C@@H]1c1nnc(C)n1Cc1ccc(Cl)cc1. The second-order valence-electron chi connectivity index (χ2n) is 8.85. The Hall–Kier alpha value is -3.61. The lowest BCUT2D eigenvalue weighted by atomic mass is 10.00. The van der Waals surface area contributed by atoms with E-state index in [0.29, 0.717) is 48.3 Å². The van der Waals surface area contributed by atoms with Crippen LogP contribution < -0.4 is 10.1 Å². The second-order valence-corrected chi connectivity index (χ2v) is 9.29. The number of aliphatic hydroxyl groups excluding tert-OH is 1. The van der Waals surface area contributed by atoms with Gasteiger partial charge in [-0.15, -0.1) is 10.2 Å². The van der Waals surface area contributed by atoms with Crippen LogP contribution in [0.3, 0.4) is 0 Å². The molecule has 2 N–H and O–H groups in total. The number of likely N-dealkylation sites (tertiary alicyclic amines) is 1. The van der Waals surface area contributed by atoms with Crippen LogP contribution >= 0.6 is 11.6 Å². The summed E-state index contributed by atoms with van der Waals surface area (Å²) in [5.41, 5.74) is 2.37. The van der Waals surface area contributed by atoms with Crippen LogP contribution in [0, 0.1) is 13.5 Å². The summed E-state index contributed by atoms with van der Waals surface area (Å²) >= 11 is 6.03. The minimum Gasteiger partial charge on any atom is -0.494 e. The number of carbonyl (C=O) groups excluding carboxylic acids is 1. The number of hydrogen-bond donors (Lipinski definition) is 2. The number of aryl methyl sites for hydroxylation is 1. The Bertz CT molecular complexity index is 1290. The first-order valence-corrected chi connectivity index (χ1v) is 11.8. The van der Waals surface area contributed by atoms with Crippen molar-refractivity contribution < 1.29 is 14.6 Å². The Morgan fingerprint density at radius 3 is 2.86 bits per heavy atom. The molecule has 0 bridgehead atoms. The van der Waals surface area contributed by atoms with Crippen molar-refractivity contribution in [2.24, 2.45) is 0 Å². The van der Waals surface area contributed by atoms with Gasteiger partial charge in [0.2, 0.25) is 0 Å². The summed E-state index contributed by atoms with van der Waals surface area (Å²) in [5, 5.41) is 22.9. The predicted octanol–water partition coefficient (Wildman–Crippen LogP) is 4.18. The summed E-state index contributed by atoms with van der Waals surface area (Å²) in [6.45, 7) is 10.3. The third-order valence-electron chi connectivity index (χ3n) is 6.52. The van der Waals surface area contributed by atoms with Crippen molar-refractivity contribution in [2.45, 2.75) is 44.5 Å². The van der Waals surface area contributed by atoms with E-state index >= 15 is 0 Å². The van der Waals surface area contributed by atoms with E-state index in [9.17, 15) is 9.90 Å². The minimum atomic E-state index is -0.657. The number of benzene rings is 2. The van der Waals surface area contributed by atoms with Gasteiger partial charge in [-0.2, -0.15) is 0 Å². The van der Waals surface area contributed by atoms with E-state index in [4.69, 9.17) is 22.9 Å². The number of nitrogens with one attached hydrogen (secondary N) is 1. The number of rotatable bonds is 4. The van der Waals surface area contributed by atoms with Crippen LogP contribution in [0.4, 0.5) is 10.5 Å². The molecule has 2 aliphatic rings. The molecular formula is C25H25ClN6O3. The molecule has 3 atom stereocenters. The quantitative estimate of drug-likeness (QED) is 0.532. The Morgan fingerprint density at radius 2 is 2.09 bits per heavy atom. The molecule has 10 heteroatoms. The van der Waals surface area contributed by atoms with Gasteiger partial charge in [-0.25, -0.2) is 9.64 Å². The maximum absolute atomic E-state index is 13.4. The fraction of sp³-hybridized carbons (Fsp3) is 0.360. The molecule has 9 nitrogen and oxygen atoms in total. The molecule has 3 aromatic rings. The molecule has 0 aliphatic carbocycles. The van der Waals surface area contributed by atoms with Crippen LogP contribution in [0.25, 0.3) is 4.85 Å². The number of hydrogen-bond acceptors (Lipinski definition) is 5. The molecule has 2 amide bonds. The molecule has 0 spiro atoms. The van der Waals surface area contributed by atoms with Crippen LogP contribution in [0.5, 0.6) is 5.75 Å². The number of β-amino-alcohol motifs (C(OH)–C–C–N with tert-alkyl or cyclic N) is 1. The van der Waals surface area contributed by atoms with E-state index in [2.05, 4.69) is 20.4 Å². The maximum Gasteiger partial charge on any atom is 0.318 e. The highest BCUT2D eigenvalue weighted by molar-refractivity contribution is 6.30. The molecular weight excluding hydrogens is 468 g/mol.